The number of hydrogen-bond acceptors (Lipinski definition) is 4. The van der Waals surface area contributed by atoms with Crippen molar-refractivity contribution in [3.05, 3.63) is 34.3 Å². The summed E-state index contributed by atoms with van der Waals surface area (Å²) in [7, 11) is 1.23. The quantitative estimate of drug-likeness (QED) is 0.606. The minimum absolute atomic E-state index is 0.0505. The van der Waals surface area contributed by atoms with Crippen molar-refractivity contribution in [2.75, 3.05) is 20.2 Å². The minimum atomic E-state index is -0.860. The van der Waals surface area contributed by atoms with Gasteiger partial charge in [-0.25, -0.2) is 0 Å². The molecule has 6 heteroatoms. The van der Waals surface area contributed by atoms with Gasteiger partial charge in [0.1, 0.15) is 5.92 Å². The van der Waals surface area contributed by atoms with Gasteiger partial charge in [0.05, 0.1) is 13.7 Å². The molecule has 1 saturated heterocycles. The molecule has 1 amide bonds. The first-order valence-electron chi connectivity index (χ1n) is 5.68. The van der Waals surface area contributed by atoms with Crippen molar-refractivity contribution < 1.29 is 19.1 Å². The summed E-state index contributed by atoms with van der Waals surface area (Å²) in [6, 6.07) is 6.90. The molecule has 1 unspecified atom stereocenters. The Morgan fingerprint density at radius 1 is 1.42 bits per heavy atom. The molecular formula is C13H12BrNO4. The number of amides is 1. The minimum Gasteiger partial charge on any atom is -0.468 e. The van der Waals surface area contributed by atoms with E-state index in [-0.39, 0.29) is 24.8 Å². The Kier molecular flexibility index (Phi) is 3.99. The van der Waals surface area contributed by atoms with Gasteiger partial charge in [0.2, 0.25) is 0 Å². The highest BCUT2D eigenvalue weighted by molar-refractivity contribution is 9.10. The van der Waals surface area contributed by atoms with Gasteiger partial charge in [-0.05, 0) is 18.2 Å². The van der Waals surface area contributed by atoms with Crippen LogP contribution in [0.4, 0.5) is 0 Å². The number of ketones is 1. The van der Waals surface area contributed by atoms with Crippen LogP contribution in [-0.2, 0) is 14.3 Å². The van der Waals surface area contributed by atoms with Gasteiger partial charge in [0.25, 0.3) is 5.91 Å². The average molecular weight is 326 g/mol. The third-order valence-electron chi connectivity index (χ3n) is 2.98. The SMILES string of the molecule is COC(=O)C1CN(C(=O)c2cccc(Br)c2)CC1=O. The number of methoxy groups -OCH3 is 1. The van der Waals surface area contributed by atoms with Gasteiger partial charge >= 0.3 is 5.97 Å². The molecule has 1 aliphatic heterocycles. The van der Waals surface area contributed by atoms with Crippen molar-refractivity contribution in [3.63, 3.8) is 0 Å². The molecule has 2 rings (SSSR count). The van der Waals surface area contributed by atoms with Crippen LogP contribution in [0.25, 0.3) is 0 Å². The summed E-state index contributed by atoms with van der Waals surface area (Å²) in [5, 5.41) is 0. The number of likely N-dealkylation sites (tertiary alicyclic amines) is 1. The summed E-state index contributed by atoms with van der Waals surface area (Å²) in [6.07, 6.45) is 0. The fourth-order valence-corrected chi connectivity index (χ4v) is 2.39. The van der Waals surface area contributed by atoms with Crippen LogP contribution in [0.2, 0.25) is 0 Å². The molecule has 1 aliphatic rings. The molecule has 1 aromatic carbocycles. The van der Waals surface area contributed by atoms with Crippen molar-refractivity contribution in [1.82, 2.24) is 4.90 Å². The summed E-state index contributed by atoms with van der Waals surface area (Å²) in [5.41, 5.74) is 0.479. The van der Waals surface area contributed by atoms with E-state index in [9.17, 15) is 14.4 Å². The number of rotatable bonds is 2. The molecular weight excluding hydrogens is 314 g/mol. The molecule has 1 fully saturated rings. The number of hydrogen-bond donors (Lipinski definition) is 0. The van der Waals surface area contributed by atoms with Crippen LogP contribution in [0.5, 0.6) is 0 Å². The molecule has 1 aromatic rings. The zero-order valence-electron chi connectivity index (χ0n) is 10.3. The lowest BCUT2D eigenvalue weighted by molar-refractivity contribution is -0.147. The first-order valence-corrected chi connectivity index (χ1v) is 6.47. The summed E-state index contributed by atoms with van der Waals surface area (Å²) in [4.78, 5) is 36.6. The highest BCUT2D eigenvalue weighted by atomic mass is 79.9. The van der Waals surface area contributed by atoms with Crippen molar-refractivity contribution >= 4 is 33.6 Å². The fourth-order valence-electron chi connectivity index (χ4n) is 1.99. The second-order valence-corrected chi connectivity index (χ2v) is 5.15. The van der Waals surface area contributed by atoms with Crippen LogP contribution in [0, 0.1) is 5.92 Å². The maximum absolute atomic E-state index is 12.2. The largest absolute Gasteiger partial charge is 0.468 e. The van der Waals surface area contributed by atoms with Crippen LogP contribution in [-0.4, -0.2) is 42.8 Å². The molecule has 0 aromatic heterocycles. The number of benzene rings is 1. The Morgan fingerprint density at radius 2 is 2.16 bits per heavy atom. The predicted octanol–water partition coefficient (Wildman–Crippen LogP) is 1.26. The summed E-state index contributed by atoms with van der Waals surface area (Å²) in [5.74, 6) is -1.99. The van der Waals surface area contributed by atoms with E-state index in [0.717, 1.165) is 4.47 Å². The van der Waals surface area contributed by atoms with Gasteiger partial charge in [-0.1, -0.05) is 22.0 Å². The van der Waals surface area contributed by atoms with Gasteiger partial charge in [0, 0.05) is 16.6 Å². The Labute approximate surface area is 118 Å². The lowest BCUT2D eigenvalue weighted by atomic mass is 10.1. The number of Topliss-reactive ketones (excluding diaryl/α,β-unsaturated/α-hetero) is 1. The fraction of sp³-hybridized carbons (Fsp3) is 0.308. The predicted molar refractivity (Wildman–Crippen MR) is 70.6 cm³/mol. The van der Waals surface area contributed by atoms with E-state index < -0.39 is 11.9 Å². The lowest BCUT2D eigenvalue weighted by Crippen LogP contribution is -2.30. The Bertz CT molecular complexity index is 543. The second-order valence-electron chi connectivity index (χ2n) is 4.24. The number of ether oxygens (including phenoxy) is 1. The number of carbonyl (C=O) groups is 3. The van der Waals surface area contributed by atoms with Gasteiger partial charge in [-0.3, -0.25) is 14.4 Å². The molecule has 5 nitrogen and oxygen atoms in total. The first-order chi connectivity index (χ1) is 9.02. The Hall–Kier alpha value is -1.69. The smallest absolute Gasteiger partial charge is 0.318 e. The third kappa shape index (κ3) is 2.84. The molecule has 0 N–H and O–H groups in total. The van der Waals surface area contributed by atoms with E-state index in [4.69, 9.17) is 0 Å². The van der Waals surface area contributed by atoms with Gasteiger partial charge in [0.15, 0.2) is 5.78 Å². The number of nitrogens with zero attached hydrogens (tertiary/aromatic N) is 1. The molecule has 1 heterocycles. The van der Waals surface area contributed by atoms with E-state index in [1.54, 1.807) is 18.2 Å². The third-order valence-corrected chi connectivity index (χ3v) is 3.48. The second kappa shape index (κ2) is 5.52. The highest BCUT2D eigenvalue weighted by Crippen LogP contribution is 2.19. The number of esters is 1. The lowest BCUT2D eigenvalue weighted by Gasteiger charge is -2.15. The zero-order valence-corrected chi connectivity index (χ0v) is 11.8. The van der Waals surface area contributed by atoms with Crippen LogP contribution >= 0.6 is 15.9 Å². The van der Waals surface area contributed by atoms with E-state index in [2.05, 4.69) is 20.7 Å². The highest BCUT2D eigenvalue weighted by Gasteiger charge is 2.39. The molecule has 0 spiro atoms. The Morgan fingerprint density at radius 3 is 2.79 bits per heavy atom. The Balaban J connectivity index is 2.14. The van der Waals surface area contributed by atoms with Crippen LogP contribution in [0.15, 0.2) is 28.7 Å². The van der Waals surface area contributed by atoms with Crippen molar-refractivity contribution in [2.45, 2.75) is 0 Å². The van der Waals surface area contributed by atoms with Crippen molar-refractivity contribution in [2.24, 2.45) is 5.92 Å². The first kappa shape index (κ1) is 13.7. The van der Waals surface area contributed by atoms with Crippen molar-refractivity contribution in [3.8, 4) is 0 Å². The van der Waals surface area contributed by atoms with Gasteiger partial charge in [-0.15, -0.1) is 0 Å². The molecule has 1 atom stereocenters. The van der Waals surface area contributed by atoms with Gasteiger partial charge < -0.3 is 9.64 Å². The number of carbonyl (C=O) groups excluding carboxylic acids is 3. The van der Waals surface area contributed by atoms with E-state index in [0.29, 0.717) is 5.56 Å². The number of halogens is 1. The zero-order chi connectivity index (χ0) is 14.0. The summed E-state index contributed by atoms with van der Waals surface area (Å²) >= 11 is 3.29. The standard InChI is InChI=1S/C13H12BrNO4/c1-19-13(18)10-6-15(7-11(10)16)12(17)8-3-2-4-9(14)5-8/h2-5,10H,6-7H2,1H3. The maximum Gasteiger partial charge on any atom is 0.318 e. The van der Waals surface area contributed by atoms with Crippen molar-refractivity contribution in [1.29, 1.82) is 0 Å². The average Bonchev–Trinajstić information content (AvgIpc) is 2.79. The molecule has 100 valence electrons. The monoisotopic (exact) mass is 325 g/mol. The molecule has 0 radical (unpaired) electrons. The van der Waals surface area contributed by atoms with Gasteiger partial charge in [-0.2, -0.15) is 0 Å². The van der Waals surface area contributed by atoms with Crippen LogP contribution in [0.1, 0.15) is 10.4 Å². The molecule has 0 bridgehead atoms. The maximum atomic E-state index is 12.2. The molecule has 19 heavy (non-hydrogen) atoms. The summed E-state index contributed by atoms with van der Waals surface area (Å²) < 4.78 is 5.34. The van der Waals surface area contributed by atoms with Crippen LogP contribution < -0.4 is 0 Å². The van der Waals surface area contributed by atoms with E-state index in [1.165, 1.54) is 12.0 Å². The topological polar surface area (TPSA) is 63.7 Å². The summed E-state index contributed by atoms with van der Waals surface area (Å²) in [6.45, 7) is 0.0297. The molecule has 0 saturated carbocycles. The molecule has 0 aliphatic carbocycles. The van der Waals surface area contributed by atoms with E-state index >= 15 is 0 Å². The normalized spacial score (nSPS) is 18.5. The van der Waals surface area contributed by atoms with E-state index in [1.807, 2.05) is 6.07 Å². The van der Waals surface area contributed by atoms with Crippen LogP contribution in [0.3, 0.4) is 0 Å².